The number of nitrogens with one attached hydrogen (secondary N) is 1. The fraction of sp³-hybridized carbons (Fsp3) is 0.188. The van der Waals surface area contributed by atoms with Gasteiger partial charge in [-0.15, -0.1) is 0 Å². The number of anilines is 1. The van der Waals surface area contributed by atoms with Crippen molar-refractivity contribution in [2.75, 3.05) is 11.9 Å². The van der Waals surface area contributed by atoms with Gasteiger partial charge in [0.1, 0.15) is 11.9 Å². The molecule has 2 rings (SSSR count). The summed E-state index contributed by atoms with van der Waals surface area (Å²) in [5.74, 6) is -0.734. The molecule has 0 unspecified atom stereocenters. The molecule has 2 aromatic carbocycles. The number of rotatable bonds is 5. The van der Waals surface area contributed by atoms with E-state index in [2.05, 4.69) is 21.2 Å². The quantitative estimate of drug-likeness (QED) is 0.811. The van der Waals surface area contributed by atoms with Gasteiger partial charge in [-0.05, 0) is 31.2 Å². The Labute approximate surface area is 142 Å². The number of carbonyl (C=O) groups excluding carboxylic acids is 1. The maximum atomic E-state index is 13.7. The first-order chi connectivity index (χ1) is 10.5. The Hall–Kier alpha value is -1.43. The molecule has 0 aliphatic rings. The molecule has 0 saturated heterocycles. The van der Waals surface area contributed by atoms with Gasteiger partial charge in [0.15, 0.2) is 6.54 Å². The van der Waals surface area contributed by atoms with E-state index < -0.39 is 5.82 Å². The summed E-state index contributed by atoms with van der Waals surface area (Å²) in [6.45, 7) is 2.15. The predicted octanol–water partition coefficient (Wildman–Crippen LogP) is 3.50. The van der Waals surface area contributed by atoms with Crippen molar-refractivity contribution >= 4 is 39.1 Å². The van der Waals surface area contributed by atoms with Crippen molar-refractivity contribution in [3.8, 4) is 0 Å². The fourth-order valence-electron chi connectivity index (χ4n) is 2.05. The highest BCUT2D eigenvalue weighted by Crippen LogP contribution is 2.20. The molecule has 3 N–H and O–H groups in total. The van der Waals surface area contributed by atoms with E-state index in [-0.39, 0.29) is 24.2 Å². The summed E-state index contributed by atoms with van der Waals surface area (Å²) in [5.41, 5.74) is 1.14. The maximum absolute atomic E-state index is 13.7. The Morgan fingerprint density at radius 2 is 2.09 bits per heavy atom. The van der Waals surface area contributed by atoms with Gasteiger partial charge in [0.05, 0.1) is 5.69 Å². The largest absolute Gasteiger partial charge is 0.332 e. The number of carbonyl (C=O) groups is 1. The third-order valence-electron chi connectivity index (χ3n) is 3.26. The number of hydrogen-bond acceptors (Lipinski definition) is 1. The summed E-state index contributed by atoms with van der Waals surface area (Å²) in [7, 11) is 0. The van der Waals surface area contributed by atoms with Crippen LogP contribution in [0.4, 0.5) is 10.1 Å². The highest BCUT2D eigenvalue weighted by atomic mass is 79.9. The summed E-state index contributed by atoms with van der Waals surface area (Å²) in [5, 5.41) is 5.09. The molecule has 116 valence electrons. The van der Waals surface area contributed by atoms with Gasteiger partial charge >= 0.3 is 0 Å². The van der Waals surface area contributed by atoms with E-state index in [1.54, 1.807) is 6.07 Å². The molecule has 0 aromatic heterocycles. The van der Waals surface area contributed by atoms with E-state index in [1.165, 1.54) is 12.1 Å². The van der Waals surface area contributed by atoms with Gasteiger partial charge in [0, 0.05) is 15.1 Å². The first-order valence-corrected chi connectivity index (χ1v) is 7.97. The van der Waals surface area contributed by atoms with Crippen LogP contribution in [0.2, 0.25) is 5.02 Å². The van der Waals surface area contributed by atoms with Crippen molar-refractivity contribution in [1.29, 1.82) is 0 Å². The molecule has 0 heterocycles. The van der Waals surface area contributed by atoms with Crippen molar-refractivity contribution in [2.24, 2.45) is 0 Å². The van der Waals surface area contributed by atoms with Crippen LogP contribution >= 0.6 is 27.5 Å². The van der Waals surface area contributed by atoms with E-state index in [4.69, 9.17) is 11.6 Å². The van der Waals surface area contributed by atoms with Gasteiger partial charge in [-0.2, -0.15) is 0 Å². The first-order valence-electron chi connectivity index (χ1n) is 6.80. The minimum absolute atomic E-state index is 0.0363. The standard InChI is InChI=1S/C16H15BrClFN2O/c1-10(12-4-2-3-5-13(12)18)20-9-16(22)21-15-7-6-11(17)8-14(15)19/h2-8,10,20H,9H2,1H3,(H,21,22)/p+1/t10-/m1/s1. The lowest BCUT2D eigenvalue weighted by molar-refractivity contribution is -0.682. The zero-order valence-electron chi connectivity index (χ0n) is 11.9. The minimum Gasteiger partial charge on any atom is -0.332 e. The molecule has 0 aliphatic heterocycles. The molecule has 0 bridgehead atoms. The minimum atomic E-state index is -0.470. The van der Waals surface area contributed by atoms with Crippen LogP contribution in [0, 0.1) is 5.82 Å². The Morgan fingerprint density at radius 1 is 1.36 bits per heavy atom. The molecular weight excluding hydrogens is 371 g/mol. The van der Waals surface area contributed by atoms with Crippen molar-refractivity contribution < 1.29 is 14.5 Å². The number of nitrogens with two attached hydrogens (primary N) is 1. The maximum Gasteiger partial charge on any atom is 0.279 e. The van der Waals surface area contributed by atoms with Crippen molar-refractivity contribution in [2.45, 2.75) is 13.0 Å². The lowest BCUT2D eigenvalue weighted by Crippen LogP contribution is -2.86. The second-order valence-corrected chi connectivity index (χ2v) is 6.25. The molecule has 0 saturated carbocycles. The Kier molecular flexibility index (Phi) is 5.94. The van der Waals surface area contributed by atoms with Crippen LogP contribution in [-0.4, -0.2) is 12.5 Å². The SMILES string of the molecule is C[C@@H]([NH2+]CC(=O)Nc1ccc(Br)cc1F)c1ccccc1Cl. The van der Waals surface area contributed by atoms with Crippen LogP contribution in [0.15, 0.2) is 46.9 Å². The predicted molar refractivity (Wildman–Crippen MR) is 89.4 cm³/mol. The molecule has 3 nitrogen and oxygen atoms in total. The fourth-order valence-corrected chi connectivity index (χ4v) is 2.69. The van der Waals surface area contributed by atoms with Crippen LogP contribution in [0.25, 0.3) is 0 Å². The second kappa shape index (κ2) is 7.72. The van der Waals surface area contributed by atoms with Crippen molar-refractivity contribution in [3.63, 3.8) is 0 Å². The lowest BCUT2D eigenvalue weighted by Gasteiger charge is -2.12. The summed E-state index contributed by atoms with van der Waals surface area (Å²) >= 11 is 9.30. The van der Waals surface area contributed by atoms with Gasteiger partial charge in [0.25, 0.3) is 5.91 Å². The Morgan fingerprint density at radius 3 is 2.77 bits per heavy atom. The molecule has 1 atom stereocenters. The number of halogens is 3. The van der Waals surface area contributed by atoms with Gasteiger partial charge in [-0.25, -0.2) is 4.39 Å². The zero-order chi connectivity index (χ0) is 16.1. The summed E-state index contributed by atoms with van der Waals surface area (Å²) < 4.78 is 14.3. The van der Waals surface area contributed by atoms with Crippen molar-refractivity contribution in [1.82, 2.24) is 0 Å². The molecule has 0 aliphatic carbocycles. The van der Waals surface area contributed by atoms with Gasteiger partial charge in [0.2, 0.25) is 0 Å². The summed E-state index contributed by atoms with van der Waals surface area (Å²) in [6, 6.07) is 12.1. The van der Waals surface area contributed by atoms with Crippen LogP contribution in [-0.2, 0) is 4.79 Å². The summed E-state index contributed by atoms with van der Waals surface area (Å²) in [4.78, 5) is 11.9. The van der Waals surface area contributed by atoms with Crippen LogP contribution in [0.5, 0.6) is 0 Å². The normalized spacial score (nSPS) is 12.0. The molecule has 0 fully saturated rings. The Balaban J connectivity index is 1.91. The lowest BCUT2D eigenvalue weighted by atomic mass is 10.1. The summed E-state index contributed by atoms with van der Waals surface area (Å²) in [6.07, 6.45) is 0. The third kappa shape index (κ3) is 4.53. The molecule has 0 radical (unpaired) electrons. The number of benzene rings is 2. The van der Waals surface area contributed by atoms with E-state index in [1.807, 2.05) is 36.5 Å². The van der Waals surface area contributed by atoms with Gasteiger partial charge in [-0.1, -0.05) is 45.7 Å². The highest BCUT2D eigenvalue weighted by Gasteiger charge is 2.15. The topological polar surface area (TPSA) is 45.7 Å². The van der Waals surface area contributed by atoms with Crippen LogP contribution < -0.4 is 10.6 Å². The monoisotopic (exact) mass is 385 g/mol. The molecule has 22 heavy (non-hydrogen) atoms. The van der Waals surface area contributed by atoms with Gasteiger partial charge < -0.3 is 10.6 Å². The molecule has 1 amide bonds. The molecule has 2 aromatic rings. The Bertz CT molecular complexity index is 681. The highest BCUT2D eigenvalue weighted by molar-refractivity contribution is 9.10. The number of quaternary nitrogens is 1. The molecule has 6 heteroatoms. The first kappa shape index (κ1) is 16.9. The molecule has 0 spiro atoms. The molecular formula is C16H16BrClFN2O+. The van der Waals surface area contributed by atoms with Crippen molar-refractivity contribution in [3.05, 3.63) is 63.3 Å². The zero-order valence-corrected chi connectivity index (χ0v) is 14.3. The van der Waals surface area contributed by atoms with Crippen LogP contribution in [0.1, 0.15) is 18.5 Å². The third-order valence-corrected chi connectivity index (χ3v) is 4.10. The number of amides is 1. The van der Waals surface area contributed by atoms with E-state index >= 15 is 0 Å². The van der Waals surface area contributed by atoms with Gasteiger partial charge in [-0.3, -0.25) is 4.79 Å². The van der Waals surface area contributed by atoms with Crippen LogP contribution in [0.3, 0.4) is 0 Å². The van der Waals surface area contributed by atoms with E-state index in [0.29, 0.717) is 9.50 Å². The average Bonchev–Trinajstić information content (AvgIpc) is 2.48. The smallest absolute Gasteiger partial charge is 0.279 e. The average molecular weight is 387 g/mol. The van der Waals surface area contributed by atoms with E-state index in [0.717, 1.165) is 5.56 Å². The van der Waals surface area contributed by atoms with E-state index in [9.17, 15) is 9.18 Å². The second-order valence-electron chi connectivity index (χ2n) is 4.92. The number of hydrogen-bond donors (Lipinski definition) is 2.